The normalized spacial score (nSPS) is 15.3. The Kier molecular flexibility index (Phi) is 3.83. The molecule has 84 valence electrons. The third kappa shape index (κ3) is 3.61. The Morgan fingerprint density at radius 1 is 1.33 bits per heavy atom. The lowest BCUT2D eigenvalue weighted by atomic mass is 9.97. The van der Waals surface area contributed by atoms with Gasteiger partial charge in [0.15, 0.2) is 0 Å². The van der Waals surface area contributed by atoms with Gasteiger partial charge in [0.2, 0.25) is 0 Å². The minimum atomic E-state index is -1.07. The second kappa shape index (κ2) is 4.73. The van der Waals surface area contributed by atoms with Crippen LogP contribution in [0.1, 0.15) is 26.3 Å². The van der Waals surface area contributed by atoms with Crippen LogP contribution in [0.2, 0.25) is 0 Å². The summed E-state index contributed by atoms with van der Waals surface area (Å²) >= 11 is 0. The molecule has 0 aromatic heterocycles. The Bertz CT molecular complexity index is 304. The first kappa shape index (κ1) is 12.1. The van der Waals surface area contributed by atoms with Crippen molar-refractivity contribution in [2.45, 2.75) is 32.5 Å². The van der Waals surface area contributed by atoms with Crippen molar-refractivity contribution < 1.29 is 14.2 Å². The van der Waals surface area contributed by atoms with E-state index in [9.17, 15) is 9.50 Å². The maximum Gasteiger partial charge on any atom is 0.123 e. The molecular formula is C12H17FO2. The van der Waals surface area contributed by atoms with Crippen molar-refractivity contribution in [3.05, 3.63) is 35.6 Å². The number of aliphatic hydroxyl groups is 1. The van der Waals surface area contributed by atoms with E-state index in [0.29, 0.717) is 5.56 Å². The summed E-state index contributed by atoms with van der Waals surface area (Å²) in [4.78, 5) is 0. The molecule has 0 heterocycles. The van der Waals surface area contributed by atoms with Crippen molar-refractivity contribution in [2.24, 2.45) is 0 Å². The van der Waals surface area contributed by atoms with Gasteiger partial charge in [0.1, 0.15) is 11.4 Å². The smallest absolute Gasteiger partial charge is 0.123 e. The van der Waals surface area contributed by atoms with E-state index in [4.69, 9.17) is 4.74 Å². The zero-order valence-electron chi connectivity index (χ0n) is 9.33. The summed E-state index contributed by atoms with van der Waals surface area (Å²) in [5, 5.41) is 10.1. The van der Waals surface area contributed by atoms with Crippen molar-refractivity contribution in [1.29, 1.82) is 0 Å². The molecule has 1 aromatic carbocycles. The minimum Gasteiger partial charge on any atom is -0.383 e. The molecule has 0 saturated heterocycles. The highest BCUT2D eigenvalue weighted by atomic mass is 19.1. The van der Waals surface area contributed by atoms with Crippen LogP contribution in [0.15, 0.2) is 24.3 Å². The predicted molar refractivity (Wildman–Crippen MR) is 57.1 cm³/mol. The third-order valence-electron chi connectivity index (χ3n) is 2.16. The molecule has 1 N–H and O–H groups in total. The summed E-state index contributed by atoms with van der Waals surface area (Å²) in [6.45, 7) is 5.67. The van der Waals surface area contributed by atoms with Crippen LogP contribution in [0, 0.1) is 5.82 Å². The number of hydrogen-bond donors (Lipinski definition) is 1. The quantitative estimate of drug-likeness (QED) is 0.830. The maximum atomic E-state index is 12.7. The van der Waals surface area contributed by atoms with Gasteiger partial charge in [-0.3, -0.25) is 0 Å². The number of halogens is 1. The van der Waals surface area contributed by atoms with E-state index in [2.05, 4.69) is 0 Å². The molecule has 3 heteroatoms. The van der Waals surface area contributed by atoms with Crippen molar-refractivity contribution >= 4 is 0 Å². The fraction of sp³-hybridized carbons (Fsp3) is 0.500. The van der Waals surface area contributed by atoms with Gasteiger partial charge in [-0.15, -0.1) is 0 Å². The number of benzene rings is 1. The Balaban J connectivity index is 2.72. The van der Waals surface area contributed by atoms with Gasteiger partial charge in [-0.25, -0.2) is 4.39 Å². The fourth-order valence-corrected chi connectivity index (χ4v) is 1.22. The standard InChI is InChI=1S/C12H17FO2/c1-9(2)15-8-12(3,14)10-4-6-11(13)7-5-10/h4-7,9,14H,8H2,1-3H3. The summed E-state index contributed by atoms with van der Waals surface area (Å²) in [5.41, 5.74) is -0.414. The Morgan fingerprint density at radius 3 is 2.33 bits per heavy atom. The molecule has 1 unspecified atom stereocenters. The molecule has 0 saturated carbocycles. The van der Waals surface area contributed by atoms with Gasteiger partial charge in [0.25, 0.3) is 0 Å². The lowest BCUT2D eigenvalue weighted by Crippen LogP contribution is -2.29. The van der Waals surface area contributed by atoms with E-state index in [-0.39, 0.29) is 18.5 Å². The van der Waals surface area contributed by atoms with Crippen LogP contribution in [0.25, 0.3) is 0 Å². The van der Waals surface area contributed by atoms with Gasteiger partial charge in [-0.2, -0.15) is 0 Å². The topological polar surface area (TPSA) is 29.5 Å². The van der Waals surface area contributed by atoms with E-state index >= 15 is 0 Å². The molecule has 1 rings (SSSR count). The Labute approximate surface area is 89.7 Å². The second-order valence-electron chi connectivity index (χ2n) is 4.14. The molecule has 15 heavy (non-hydrogen) atoms. The molecule has 0 bridgehead atoms. The monoisotopic (exact) mass is 212 g/mol. The van der Waals surface area contributed by atoms with E-state index in [1.165, 1.54) is 12.1 Å². The highest BCUT2D eigenvalue weighted by Gasteiger charge is 2.23. The van der Waals surface area contributed by atoms with Gasteiger partial charge in [0.05, 0.1) is 12.7 Å². The van der Waals surface area contributed by atoms with Crippen LogP contribution in [0.3, 0.4) is 0 Å². The summed E-state index contributed by atoms with van der Waals surface area (Å²) in [7, 11) is 0. The minimum absolute atomic E-state index is 0.0666. The molecule has 0 fully saturated rings. The first-order chi connectivity index (χ1) is 6.92. The van der Waals surface area contributed by atoms with Crippen LogP contribution < -0.4 is 0 Å². The SMILES string of the molecule is CC(C)OCC(C)(O)c1ccc(F)cc1. The Hall–Kier alpha value is -0.930. The second-order valence-corrected chi connectivity index (χ2v) is 4.14. The first-order valence-electron chi connectivity index (χ1n) is 5.02. The molecule has 1 aromatic rings. The van der Waals surface area contributed by atoms with Gasteiger partial charge < -0.3 is 9.84 Å². The molecule has 0 amide bonds. The number of hydrogen-bond acceptors (Lipinski definition) is 2. The van der Waals surface area contributed by atoms with Crippen molar-refractivity contribution in [2.75, 3.05) is 6.61 Å². The summed E-state index contributed by atoms with van der Waals surface area (Å²) in [5.74, 6) is -0.306. The van der Waals surface area contributed by atoms with Crippen LogP contribution in [0.4, 0.5) is 4.39 Å². The molecule has 0 aliphatic heterocycles. The zero-order chi connectivity index (χ0) is 11.5. The summed E-state index contributed by atoms with van der Waals surface area (Å²) in [6, 6.07) is 5.80. The Morgan fingerprint density at radius 2 is 1.87 bits per heavy atom. The zero-order valence-corrected chi connectivity index (χ0v) is 9.33. The van der Waals surface area contributed by atoms with Gasteiger partial charge >= 0.3 is 0 Å². The molecule has 0 aliphatic rings. The van der Waals surface area contributed by atoms with E-state index in [1.807, 2.05) is 13.8 Å². The summed E-state index contributed by atoms with van der Waals surface area (Å²) in [6.07, 6.45) is 0.0666. The van der Waals surface area contributed by atoms with Crippen molar-refractivity contribution in [3.63, 3.8) is 0 Å². The fourth-order valence-electron chi connectivity index (χ4n) is 1.22. The molecule has 2 nitrogen and oxygen atoms in total. The summed E-state index contributed by atoms with van der Waals surface area (Å²) < 4.78 is 18.0. The van der Waals surface area contributed by atoms with E-state index in [1.54, 1.807) is 19.1 Å². The number of ether oxygens (including phenoxy) is 1. The molecule has 0 radical (unpaired) electrons. The van der Waals surface area contributed by atoms with Gasteiger partial charge in [0, 0.05) is 0 Å². The van der Waals surface area contributed by atoms with Crippen molar-refractivity contribution in [3.8, 4) is 0 Å². The molecule has 0 spiro atoms. The highest BCUT2D eigenvalue weighted by molar-refractivity contribution is 5.22. The first-order valence-corrected chi connectivity index (χ1v) is 5.02. The van der Waals surface area contributed by atoms with Gasteiger partial charge in [-0.05, 0) is 38.5 Å². The highest BCUT2D eigenvalue weighted by Crippen LogP contribution is 2.21. The lowest BCUT2D eigenvalue weighted by molar-refractivity contribution is -0.0574. The largest absolute Gasteiger partial charge is 0.383 e. The number of rotatable bonds is 4. The molecule has 0 aliphatic carbocycles. The van der Waals surface area contributed by atoms with Crippen LogP contribution in [0.5, 0.6) is 0 Å². The van der Waals surface area contributed by atoms with Crippen LogP contribution >= 0.6 is 0 Å². The maximum absolute atomic E-state index is 12.7. The van der Waals surface area contributed by atoms with Crippen molar-refractivity contribution in [1.82, 2.24) is 0 Å². The predicted octanol–water partition coefficient (Wildman–Crippen LogP) is 2.46. The average Bonchev–Trinajstić information content (AvgIpc) is 2.16. The van der Waals surface area contributed by atoms with E-state index in [0.717, 1.165) is 0 Å². The molecule has 1 atom stereocenters. The van der Waals surface area contributed by atoms with Crippen LogP contribution in [-0.4, -0.2) is 17.8 Å². The van der Waals surface area contributed by atoms with E-state index < -0.39 is 5.60 Å². The van der Waals surface area contributed by atoms with Crippen LogP contribution in [-0.2, 0) is 10.3 Å². The average molecular weight is 212 g/mol. The third-order valence-corrected chi connectivity index (χ3v) is 2.16. The molecular weight excluding hydrogens is 195 g/mol. The van der Waals surface area contributed by atoms with Gasteiger partial charge in [-0.1, -0.05) is 12.1 Å². The lowest BCUT2D eigenvalue weighted by Gasteiger charge is -2.24.